The van der Waals surface area contributed by atoms with Crippen LogP contribution in [0.2, 0.25) is 5.02 Å². The van der Waals surface area contributed by atoms with Crippen LogP contribution in [0.3, 0.4) is 0 Å². The van der Waals surface area contributed by atoms with Crippen molar-refractivity contribution in [2.75, 3.05) is 32.8 Å². The molecule has 0 heterocycles. The lowest BCUT2D eigenvalue weighted by molar-refractivity contribution is 0.269. The lowest BCUT2D eigenvalue weighted by atomic mass is 10.2. The second kappa shape index (κ2) is 13.0. The standard InChI is InChI=1S/C21H28BrClN2O3/c1-2-27-20-12-17(14-25-8-4-7-24-9-10-26)19(22)13-21(20)28-15-16-5-3-6-18(23)11-16/h3,5-6,11-13,24-26H,2,4,7-10,14-15H2,1H3. The number of aliphatic hydroxyl groups is 1. The largest absolute Gasteiger partial charge is 0.490 e. The van der Waals surface area contributed by atoms with E-state index in [4.69, 9.17) is 26.2 Å². The van der Waals surface area contributed by atoms with Crippen molar-refractivity contribution in [2.45, 2.75) is 26.5 Å². The number of rotatable bonds is 13. The molecule has 0 aromatic heterocycles. The molecule has 0 amide bonds. The van der Waals surface area contributed by atoms with E-state index in [2.05, 4.69) is 26.6 Å². The van der Waals surface area contributed by atoms with Crippen molar-refractivity contribution in [3.05, 3.63) is 57.0 Å². The van der Waals surface area contributed by atoms with Crippen LogP contribution in [0.25, 0.3) is 0 Å². The van der Waals surface area contributed by atoms with Crippen LogP contribution in [0.5, 0.6) is 11.5 Å². The second-order valence-electron chi connectivity index (χ2n) is 6.25. The minimum atomic E-state index is 0.173. The highest BCUT2D eigenvalue weighted by Gasteiger charge is 2.11. The van der Waals surface area contributed by atoms with E-state index in [1.807, 2.05) is 43.3 Å². The Bertz CT molecular complexity index is 731. The van der Waals surface area contributed by atoms with Gasteiger partial charge in [0.2, 0.25) is 0 Å². The average molecular weight is 472 g/mol. The Labute approximate surface area is 180 Å². The van der Waals surface area contributed by atoms with Crippen molar-refractivity contribution >= 4 is 27.5 Å². The predicted octanol–water partition coefficient (Wildman–Crippen LogP) is 4.14. The topological polar surface area (TPSA) is 62.8 Å². The third-order valence-electron chi connectivity index (χ3n) is 4.01. The van der Waals surface area contributed by atoms with Crippen molar-refractivity contribution < 1.29 is 14.6 Å². The molecule has 7 heteroatoms. The normalized spacial score (nSPS) is 10.9. The van der Waals surface area contributed by atoms with Crippen molar-refractivity contribution in [1.82, 2.24) is 10.6 Å². The van der Waals surface area contributed by atoms with Crippen LogP contribution in [-0.4, -0.2) is 38.0 Å². The smallest absolute Gasteiger partial charge is 0.162 e. The number of halogens is 2. The van der Waals surface area contributed by atoms with Gasteiger partial charge in [-0.1, -0.05) is 39.7 Å². The van der Waals surface area contributed by atoms with E-state index in [0.29, 0.717) is 30.5 Å². The van der Waals surface area contributed by atoms with Gasteiger partial charge in [-0.25, -0.2) is 0 Å². The Balaban J connectivity index is 1.94. The van der Waals surface area contributed by atoms with E-state index in [-0.39, 0.29) is 6.61 Å². The molecule has 0 unspecified atom stereocenters. The molecule has 154 valence electrons. The molecule has 0 aliphatic carbocycles. The van der Waals surface area contributed by atoms with E-state index < -0.39 is 0 Å². The fraction of sp³-hybridized carbons (Fsp3) is 0.429. The molecule has 0 aliphatic rings. The molecule has 2 aromatic carbocycles. The third kappa shape index (κ3) is 7.97. The summed E-state index contributed by atoms with van der Waals surface area (Å²) in [5.41, 5.74) is 2.12. The second-order valence-corrected chi connectivity index (χ2v) is 7.54. The highest BCUT2D eigenvalue weighted by molar-refractivity contribution is 9.10. The molecular weight excluding hydrogens is 444 g/mol. The van der Waals surface area contributed by atoms with Gasteiger partial charge in [-0.15, -0.1) is 0 Å². The van der Waals surface area contributed by atoms with Crippen LogP contribution in [-0.2, 0) is 13.2 Å². The van der Waals surface area contributed by atoms with Crippen LogP contribution in [0.4, 0.5) is 0 Å². The van der Waals surface area contributed by atoms with Crippen molar-refractivity contribution in [2.24, 2.45) is 0 Å². The molecule has 0 radical (unpaired) electrons. The monoisotopic (exact) mass is 470 g/mol. The number of nitrogens with one attached hydrogen (secondary N) is 2. The molecule has 2 rings (SSSR count). The molecule has 0 saturated carbocycles. The van der Waals surface area contributed by atoms with Crippen LogP contribution in [0, 0.1) is 0 Å². The maximum Gasteiger partial charge on any atom is 0.162 e. The molecule has 0 spiro atoms. The first kappa shape index (κ1) is 23.0. The van der Waals surface area contributed by atoms with Gasteiger partial charge < -0.3 is 25.2 Å². The Hall–Kier alpha value is -1.31. The fourth-order valence-corrected chi connectivity index (χ4v) is 3.32. The third-order valence-corrected chi connectivity index (χ3v) is 4.98. The fourth-order valence-electron chi connectivity index (χ4n) is 2.65. The van der Waals surface area contributed by atoms with Gasteiger partial charge >= 0.3 is 0 Å². The average Bonchev–Trinajstić information content (AvgIpc) is 2.68. The number of ether oxygens (including phenoxy) is 2. The molecular formula is C21H28BrClN2O3. The summed E-state index contributed by atoms with van der Waals surface area (Å²) in [5.74, 6) is 1.43. The van der Waals surface area contributed by atoms with Crippen LogP contribution >= 0.6 is 27.5 Å². The van der Waals surface area contributed by atoms with Crippen LogP contribution in [0.15, 0.2) is 40.9 Å². The molecule has 0 atom stereocenters. The zero-order valence-electron chi connectivity index (χ0n) is 16.1. The minimum Gasteiger partial charge on any atom is -0.490 e. The predicted molar refractivity (Wildman–Crippen MR) is 117 cm³/mol. The van der Waals surface area contributed by atoms with E-state index >= 15 is 0 Å². The van der Waals surface area contributed by atoms with Gasteiger partial charge in [0.15, 0.2) is 11.5 Å². The summed E-state index contributed by atoms with van der Waals surface area (Å²) < 4.78 is 12.7. The number of benzene rings is 2. The molecule has 28 heavy (non-hydrogen) atoms. The molecule has 0 saturated heterocycles. The van der Waals surface area contributed by atoms with E-state index in [1.165, 1.54) is 0 Å². The summed E-state index contributed by atoms with van der Waals surface area (Å²) in [5, 5.41) is 16.0. The molecule has 3 N–H and O–H groups in total. The molecule has 0 aliphatic heterocycles. The zero-order valence-corrected chi connectivity index (χ0v) is 18.5. The Morgan fingerprint density at radius 3 is 2.57 bits per heavy atom. The molecule has 0 fully saturated rings. The van der Waals surface area contributed by atoms with Gasteiger partial charge in [-0.05, 0) is 61.8 Å². The maximum absolute atomic E-state index is 8.74. The highest BCUT2D eigenvalue weighted by Crippen LogP contribution is 2.34. The first-order chi connectivity index (χ1) is 13.6. The highest BCUT2D eigenvalue weighted by atomic mass is 79.9. The van der Waals surface area contributed by atoms with Crippen molar-refractivity contribution in [1.29, 1.82) is 0 Å². The molecule has 0 bridgehead atoms. The van der Waals surface area contributed by atoms with Crippen LogP contribution < -0.4 is 20.1 Å². The van der Waals surface area contributed by atoms with Gasteiger partial charge in [-0.3, -0.25) is 0 Å². The molecule has 5 nitrogen and oxygen atoms in total. The quantitative estimate of drug-likeness (QED) is 0.383. The number of hydrogen-bond acceptors (Lipinski definition) is 5. The SMILES string of the molecule is CCOc1cc(CNCCCNCCO)c(Br)cc1OCc1cccc(Cl)c1. The summed E-state index contributed by atoms with van der Waals surface area (Å²) in [7, 11) is 0. The van der Waals surface area contributed by atoms with E-state index in [1.54, 1.807) is 0 Å². The van der Waals surface area contributed by atoms with Gasteiger partial charge in [0, 0.05) is 22.6 Å². The summed E-state index contributed by atoms with van der Waals surface area (Å²) >= 11 is 9.68. The first-order valence-corrected chi connectivity index (χ1v) is 10.7. The van der Waals surface area contributed by atoms with Gasteiger partial charge in [-0.2, -0.15) is 0 Å². The Morgan fingerprint density at radius 2 is 1.82 bits per heavy atom. The van der Waals surface area contributed by atoms with Crippen LogP contribution in [0.1, 0.15) is 24.5 Å². The first-order valence-electron chi connectivity index (χ1n) is 9.48. The molecule has 2 aromatic rings. The summed E-state index contributed by atoms with van der Waals surface area (Å²) in [6.07, 6.45) is 0.997. The maximum atomic E-state index is 8.74. The van der Waals surface area contributed by atoms with Crippen molar-refractivity contribution in [3.8, 4) is 11.5 Å². The minimum absolute atomic E-state index is 0.173. The van der Waals surface area contributed by atoms with Gasteiger partial charge in [0.1, 0.15) is 6.61 Å². The number of aliphatic hydroxyl groups excluding tert-OH is 1. The Morgan fingerprint density at radius 1 is 1.04 bits per heavy atom. The van der Waals surface area contributed by atoms with Gasteiger partial charge in [0.05, 0.1) is 13.2 Å². The number of hydrogen-bond donors (Lipinski definition) is 3. The van der Waals surface area contributed by atoms with Crippen molar-refractivity contribution in [3.63, 3.8) is 0 Å². The lowest BCUT2D eigenvalue weighted by Gasteiger charge is -2.16. The Kier molecular flexibility index (Phi) is 10.7. The summed E-state index contributed by atoms with van der Waals surface area (Å²) in [6.45, 7) is 6.27. The summed E-state index contributed by atoms with van der Waals surface area (Å²) in [6, 6.07) is 11.6. The zero-order chi connectivity index (χ0) is 20.2. The summed E-state index contributed by atoms with van der Waals surface area (Å²) in [4.78, 5) is 0. The van der Waals surface area contributed by atoms with E-state index in [9.17, 15) is 0 Å². The van der Waals surface area contributed by atoms with Gasteiger partial charge in [0.25, 0.3) is 0 Å². The van der Waals surface area contributed by atoms with E-state index in [0.717, 1.165) is 47.4 Å². The lowest BCUT2D eigenvalue weighted by Crippen LogP contribution is -2.24.